The van der Waals surface area contributed by atoms with Gasteiger partial charge in [0.25, 0.3) is 0 Å². The van der Waals surface area contributed by atoms with E-state index in [0.29, 0.717) is 24.8 Å². The molecule has 3 rings (SSSR count). The van der Waals surface area contributed by atoms with Gasteiger partial charge in [-0.05, 0) is 52.0 Å². The number of likely N-dealkylation sites (tertiary alicyclic amines) is 1. The van der Waals surface area contributed by atoms with Gasteiger partial charge in [-0.1, -0.05) is 81.3 Å². The lowest BCUT2D eigenvalue weighted by atomic mass is 9.97. The van der Waals surface area contributed by atoms with Gasteiger partial charge in [0.2, 0.25) is 11.7 Å². The van der Waals surface area contributed by atoms with E-state index < -0.39 is 5.60 Å². The fourth-order valence-electron chi connectivity index (χ4n) is 4.44. The molecule has 0 aliphatic carbocycles. The Bertz CT molecular complexity index is 862. The minimum atomic E-state index is -0.473. The molecule has 1 aromatic heterocycles. The van der Waals surface area contributed by atoms with E-state index in [0.717, 1.165) is 24.8 Å². The highest BCUT2D eigenvalue weighted by Gasteiger charge is 2.30. The van der Waals surface area contributed by atoms with Gasteiger partial charge >= 0.3 is 6.09 Å². The Morgan fingerprint density at radius 2 is 1.62 bits per heavy atom. The van der Waals surface area contributed by atoms with E-state index in [-0.39, 0.29) is 12.0 Å². The molecular formula is C28H43N3O3. The van der Waals surface area contributed by atoms with Crippen molar-refractivity contribution in [1.29, 1.82) is 0 Å². The molecule has 6 heteroatoms. The Hall–Kier alpha value is -2.37. The molecule has 0 N–H and O–H groups in total. The highest BCUT2D eigenvalue weighted by atomic mass is 16.6. The quantitative estimate of drug-likeness (QED) is 0.318. The second kappa shape index (κ2) is 12.9. The van der Waals surface area contributed by atoms with Crippen molar-refractivity contribution in [3.8, 4) is 11.4 Å². The Morgan fingerprint density at radius 3 is 2.24 bits per heavy atom. The summed E-state index contributed by atoms with van der Waals surface area (Å²) in [4.78, 5) is 18.7. The van der Waals surface area contributed by atoms with Crippen molar-refractivity contribution >= 4 is 6.09 Å². The molecule has 1 fully saturated rings. The number of carbonyl (C=O) groups excluding carboxylic acids is 1. The topological polar surface area (TPSA) is 68.5 Å². The normalized spacial score (nSPS) is 15.0. The molecule has 0 radical (unpaired) electrons. The number of hydrogen-bond acceptors (Lipinski definition) is 5. The fraction of sp³-hybridized carbons (Fsp3) is 0.679. The summed E-state index contributed by atoms with van der Waals surface area (Å²) in [6.45, 7) is 9.22. The van der Waals surface area contributed by atoms with E-state index in [4.69, 9.17) is 9.26 Å². The lowest BCUT2D eigenvalue weighted by Crippen LogP contribution is -2.41. The molecule has 34 heavy (non-hydrogen) atoms. The first-order chi connectivity index (χ1) is 16.4. The van der Waals surface area contributed by atoms with Gasteiger partial charge in [-0.25, -0.2) is 4.79 Å². The van der Waals surface area contributed by atoms with Crippen molar-refractivity contribution in [2.75, 3.05) is 13.1 Å². The molecule has 188 valence electrons. The number of benzene rings is 1. The number of ether oxygens (including phenoxy) is 1. The van der Waals surface area contributed by atoms with Crippen LogP contribution in [0.3, 0.4) is 0 Å². The van der Waals surface area contributed by atoms with Crippen LogP contribution >= 0.6 is 0 Å². The molecule has 0 atom stereocenters. The van der Waals surface area contributed by atoms with Gasteiger partial charge in [0.15, 0.2) is 0 Å². The molecule has 6 nitrogen and oxygen atoms in total. The number of amides is 1. The summed E-state index contributed by atoms with van der Waals surface area (Å²) < 4.78 is 11.1. The van der Waals surface area contributed by atoms with Crippen molar-refractivity contribution in [3.63, 3.8) is 0 Å². The van der Waals surface area contributed by atoms with Gasteiger partial charge < -0.3 is 14.2 Å². The number of aromatic nitrogens is 2. The van der Waals surface area contributed by atoms with Gasteiger partial charge in [0, 0.05) is 24.6 Å². The van der Waals surface area contributed by atoms with E-state index in [1.54, 1.807) is 4.90 Å². The minimum Gasteiger partial charge on any atom is -0.444 e. The number of piperidine rings is 1. The summed E-state index contributed by atoms with van der Waals surface area (Å²) in [5, 5.41) is 4.22. The molecule has 1 amide bonds. The zero-order valence-corrected chi connectivity index (χ0v) is 21.6. The predicted octanol–water partition coefficient (Wildman–Crippen LogP) is 7.53. The first kappa shape index (κ1) is 26.2. The molecule has 0 bridgehead atoms. The zero-order chi connectivity index (χ0) is 24.4. The molecule has 0 unspecified atom stereocenters. The summed E-state index contributed by atoms with van der Waals surface area (Å²) in [6.07, 6.45) is 13.3. The van der Waals surface area contributed by atoms with Gasteiger partial charge in [-0.2, -0.15) is 4.98 Å². The van der Waals surface area contributed by atoms with E-state index in [1.165, 1.54) is 56.9 Å². The van der Waals surface area contributed by atoms with E-state index in [9.17, 15) is 4.79 Å². The lowest BCUT2D eigenvalue weighted by Gasteiger charge is -2.32. The summed E-state index contributed by atoms with van der Waals surface area (Å²) in [5.74, 6) is 1.49. The SMILES string of the molecule is CCCCCCCCCCc1ccc(-c2noc(C3CCN(C(=O)OC(C)(C)C)CC3)n2)cc1. The van der Waals surface area contributed by atoms with Crippen molar-refractivity contribution in [1.82, 2.24) is 15.0 Å². The molecule has 0 saturated carbocycles. The van der Waals surface area contributed by atoms with Crippen LogP contribution in [0.1, 0.15) is 109 Å². The molecule has 1 aliphatic rings. The maximum Gasteiger partial charge on any atom is 0.410 e. The first-order valence-electron chi connectivity index (χ1n) is 13.3. The average Bonchev–Trinajstić information content (AvgIpc) is 3.30. The van der Waals surface area contributed by atoms with Crippen LogP contribution in [-0.4, -0.2) is 39.8 Å². The largest absolute Gasteiger partial charge is 0.444 e. The van der Waals surface area contributed by atoms with E-state index in [1.807, 2.05) is 20.8 Å². The molecule has 2 heterocycles. The maximum absolute atomic E-state index is 12.3. The predicted molar refractivity (Wildman–Crippen MR) is 136 cm³/mol. The van der Waals surface area contributed by atoms with Gasteiger partial charge in [-0.15, -0.1) is 0 Å². The summed E-state index contributed by atoms with van der Waals surface area (Å²) in [7, 11) is 0. The van der Waals surface area contributed by atoms with Crippen LogP contribution in [0, 0.1) is 0 Å². The number of hydrogen-bond donors (Lipinski definition) is 0. The highest BCUT2D eigenvalue weighted by molar-refractivity contribution is 5.68. The van der Waals surface area contributed by atoms with E-state index in [2.05, 4.69) is 41.3 Å². The van der Waals surface area contributed by atoms with Gasteiger partial charge in [0.1, 0.15) is 5.60 Å². The highest BCUT2D eigenvalue weighted by Crippen LogP contribution is 2.29. The summed E-state index contributed by atoms with van der Waals surface area (Å²) in [6, 6.07) is 8.57. The fourth-order valence-corrected chi connectivity index (χ4v) is 4.44. The number of aryl methyl sites for hydroxylation is 1. The monoisotopic (exact) mass is 469 g/mol. The summed E-state index contributed by atoms with van der Waals surface area (Å²) >= 11 is 0. The summed E-state index contributed by atoms with van der Waals surface area (Å²) in [5.41, 5.74) is 1.88. The first-order valence-corrected chi connectivity index (χ1v) is 13.3. The standard InChI is InChI=1S/C28H43N3O3/c1-5-6-7-8-9-10-11-12-13-22-14-16-23(17-15-22)25-29-26(34-30-25)24-18-20-31(21-19-24)27(32)33-28(2,3)4/h14-17,24H,5-13,18-21H2,1-4H3. The average molecular weight is 470 g/mol. The van der Waals surface area contributed by atoms with Crippen LogP contribution in [-0.2, 0) is 11.2 Å². The second-order valence-electron chi connectivity index (χ2n) is 10.6. The van der Waals surface area contributed by atoms with Crippen LogP contribution in [0.2, 0.25) is 0 Å². The van der Waals surface area contributed by atoms with Crippen LogP contribution in [0.15, 0.2) is 28.8 Å². The number of carbonyl (C=O) groups is 1. The molecule has 1 aliphatic heterocycles. The number of unbranched alkanes of at least 4 members (excludes halogenated alkanes) is 7. The van der Waals surface area contributed by atoms with Crippen LogP contribution < -0.4 is 0 Å². The third kappa shape index (κ3) is 8.44. The van der Waals surface area contributed by atoms with E-state index >= 15 is 0 Å². The van der Waals surface area contributed by atoms with Gasteiger partial charge in [0.05, 0.1) is 0 Å². The molecular weight excluding hydrogens is 426 g/mol. The van der Waals surface area contributed by atoms with Crippen LogP contribution in [0.5, 0.6) is 0 Å². The molecule has 2 aromatic rings. The Labute approximate surface area is 205 Å². The van der Waals surface area contributed by atoms with Crippen LogP contribution in [0.4, 0.5) is 4.79 Å². The Morgan fingerprint density at radius 1 is 1.00 bits per heavy atom. The second-order valence-corrected chi connectivity index (χ2v) is 10.6. The van der Waals surface area contributed by atoms with Crippen molar-refractivity contribution in [2.24, 2.45) is 0 Å². The van der Waals surface area contributed by atoms with Crippen molar-refractivity contribution in [2.45, 2.75) is 110 Å². The third-order valence-electron chi connectivity index (χ3n) is 6.47. The zero-order valence-electron chi connectivity index (χ0n) is 21.6. The third-order valence-corrected chi connectivity index (χ3v) is 6.47. The number of nitrogens with zero attached hydrogens (tertiary/aromatic N) is 3. The van der Waals surface area contributed by atoms with Crippen molar-refractivity contribution < 1.29 is 14.1 Å². The van der Waals surface area contributed by atoms with Gasteiger partial charge in [-0.3, -0.25) is 0 Å². The molecule has 1 aromatic carbocycles. The Kier molecular flexibility index (Phi) is 9.97. The lowest BCUT2D eigenvalue weighted by molar-refractivity contribution is 0.0198. The molecule has 0 spiro atoms. The minimum absolute atomic E-state index is 0.182. The number of rotatable bonds is 11. The van der Waals surface area contributed by atoms with Crippen LogP contribution in [0.25, 0.3) is 11.4 Å². The van der Waals surface area contributed by atoms with Crippen molar-refractivity contribution in [3.05, 3.63) is 35.7 Å². The molecule has 1 saturated heterocycles. The smallest absolute Gasteiger partial charge is 0.410 e. The Balaban J connectivity index is 1.41. The maximum atomic E-state index is 12.3.